The summed E-state index contributed by atoms with van der Waals surface area (Å²) in [6, 6.07) is 14.6. The molecule has 3 aromatic rings. The van der Waals surface area contributed by atoms with E-state index in [2.05, 4.69) is 40.6 Å². The lowest BCUT2D eigenvalue weighted by Crippen LogP contribution is -2.20. The van der Waals surface area contributed by atoms with E-state index >= 15 is 0 Å². The number of aromatic nitrogens is 2. The molecule has 0 saturated heterocycles. The average molecular weight is 319 g/mol. The van der Waals surface area contributed by atoms with Crippen molar-refractivity contribution in [2.75, 3.05) is 13.7 Å². The second-order valence-corrected chi connectivity index (χ2v) is 6.34. The summed E-state index contributed by atoms with van der Waals surface area (Å²) in [6.45, 7) is 3.77. The smallest absolute Gasteiger partial charge is 0.126 e. The van der Waals surface area contributed by atoms with Crippen molar-refractivity contribution in [3.05, 3.63) is 65.1 Å². The monoisotopic (exact) mass is 319 g/mol. The van der Waals surface area contributed by atoms with Crippen LogP contribution in [0.2, 0.25) is 0 Å². The fraction of sp³-hybridized carbons (Fsp3) is 0.300. The van der Waals surface area contributed by atoms with Gasteiger partial charge in [0.05, 0.1) is 18.3 Å². The quantitative estimate of drug-likeness (QED) is 0.786. The third-order valence-electron chi connectivity index (χ3n) is 4.72. The third kappa shape index (κ3) is 2.74. The van der Waals surface area contributed by atoms with Crippen LogP contribution in [0.15, 0.2) is 42.5 Å². The van der Waals surface area contributed by atoms with Crippen LogP contribution in [0.25, 0.3) is 10.9 Å². The number of ether oxygens (including phenoxy) is 1. The van der Waals surface area contributed by atoms with E-state index in [1.165, 1.54) is 11.1 Å². The van der Waals surface area contributed by atoms with E-state index in [0.29, 0.717) is 5.92 Å². The van der Waals surface area contributed by atoms with Crippen LogP contribution in [0, 0.1) is 6.92 Å². The van der Waals surface area contributed by atoms with Gasteiger partial charge < -0.3 is 10.1 Å². The van der Waals surface area contributed by atoms with Crippen molar-refractivity contribution < 1.29 is 4.74 Å². The molecule has 0 radical (unpaired) electrons. The molecule has 0 amide bonds. The molecule has 2 heterocycles. The highest BCUT2D eigenvalue weighted by atomic mass is 16.5. The SMILES string of the molecule is COc1ccc2c(c1)CC(c1nc(C)nc3ccccc13)CNC2. The summed E-state index contributed by atoms with van der Waals surface area (Å²) in [5.74, 6) is 2.07. The number of hydrogen-bond donors (Lipinski definition) is 1. The van der Waals surface area contributed by atoms with Gasteiger partial charge in [0.15, 0.2) is 0 Å². The maximum Gasteiger partial charge on any atom is 0.126 e. The van der Waals surface area contributed by atoms with Gasteiger partial charge in [-0.05, 0) is 42.7 Å². The van der Waals surface area contributed by atoms with Gasteiger partial charge in [-0.3, -0.25) is 0 Å². The number of nitrogens with one attached hydrogen (secondary N) is 1. The second kappa shape index (κ2) is 6.21. The Morgan fingerprint density at radius 3 is 2.83 bits per heavy atom. The van der Waals surface area contributed by atoms with E-state index in [-0.39, 0.29) is 0 Å². The summed E-state index contributed by atoms with van der Waals surface area (Å²) in [4.78, 5) is 9.37. The maximum absolute atomic E-state index is 5.41. The minimum absolute atomic E-state index is 0.324. The van der Waals surface area contributed by atoms with Gasteiger partial charge in [-0.1, -0.05) is 24.3 Å². The molecule has 1 atom stereocenters. The van der Waals surface area contributed by atoms with Crippen LogP contribution in [-0.2, 0) is 13.0 Å². The fourth-order valence-corrected chi connectivity index (χ4v) is 3.54. The van der Waals surface area contributed by atoms with Crippen LogP contribution in [0.1, 0.15) is 28.6 Å². The van der Waals surface area contributed by atoms with E-state index in [4.69, 9.17) is 9.72 Å². The minimum atomic E-state index is 0.324. The predicted octanol–water partition coefficient (Wildman–Crippen LogP) is 3.38. The Labute approximate surface area is 141 Å². The molecule has 1 aromatic heterocycles. The number of rotatable bonds is 2. The van der Waals surface area contributed by atoms with Crippen LogP contribution in [0.5, 0.6) is 5.75 Å². The number of aryl methyl sites for hydroxylation is 1. The minimum Gasteiger partial charge on any atom is -0.497 e. The number of hydrogen-bond acceptors (Lipinski definition) is 4. The van der Waals surface area contributed by atoms with Crippen molar-refractivity contribution in [3.8, 4) is 5.75 Å². The van der Waals surface area contributed by atoms with Crippen molar-refractivity contribution in [1.29, 1.82) is 0 Å². The molecule has 0 bridgehead atoms. The highest BCUT2D eigenvalue weighted by molar-refractivity contribution is 5.81. The number of benzene rings is 2. The van der Waals surface area contributed by atoms with E-state index in [9.17, 15) is 0 Å². The number of methoxy groups -OCH3 is 1. The first kappa shape index (κ1) is 15.1. The zero-order valence-electron chi connectivity index (χ0n) is 14.0. The Kier molecular flexibility index (Phi) is 3.90. The first-order valence-corrected chi connectivity index (χ1v) is 8.34. The molecular weight excluding hydrogens is 298 g/mol. The Bertz CT molecular complexity index is 891. The standard InChI is InChI=1S/C20H21N3O/c1-13-22-19-6-4-3-5-18(19)20(23-13)16-9-15-10-17(24-2)8-7-14(15)11-21-12-16/h3-8,10,16,21H,9,11-12H2,1-2H3. The van der Waals surface area contributed by atoms with E-state index < -0.39 is 0 Å². The van der Waals surface area contributed by atoms with Crippen molar-refractivity contribution in [1.82, 2.24) is 15.3 Å². The largest absolute Gasteiger partial charge is 0.497 e. The van der Waals surface area contributed by atoms with E-state index in [0.717, 1.165) is 47.7 Å². The zero-order valence-corrected chi connectivity index (χ0v) is 14.0. The van der Waals surface area contributed by atoms with Gasteiger partial charge in [0.1, 0.15) is 11.6 Å². The lowest BCUT2D eigenvalue weighted by Gasteiger charge is -2.17. The Balaban J connectivity index is 1.79. The van der Waals surface area contributed by atoms with Gasteiger partial charge in [-0.15, -0.1) is 0 Å². The summed E-state index contributed by atoms with van der Waals surface area (Å²) in [7, 11) is 1.72. The average Bonchev–Trinajstić information content (AvgIpc) is 2.82. The summed E-state index contributed by atoms with van der Waals surface area (Å²) in [5.41, 5.74) is 4.84. The summed E-state index contributed by atoms with van der Waals surface area (Å²) in [6.07, 6.45) is 0.958. The maximum atomic E-state index is 5.41. The van der Waals surface area contributed by atoms with E-state index in [1.54, 1.807) is 7.11 Å². The van der Waals surface area contributed by atoms with Crippen LogP contribution < -0.4 is 10.1 Å². The number of para-hydroxylation sites is 1. The van der Waals surface area contributed by atoms with Gasteiger partial charge in [-0.2, -0.15) is 0 Å². The number of fused-ring (bicyclic) bond motifs is 2. The molecule has 0 spiro atoms. The molecule has 24 heavy (non-hydrogen) atoms. The Morgan fingerprint density at radius 1 is 1.08 bits per heavy atom. The Hall–Kier alpha value is -2.46. The molecule has 1 unspecified atom stereocenters. The predicted molar refractivity (Wildman–Crippen MR) is 95.4 cm³/mol. The number of nitrogens with zero attached hydrogens (tertiary/aromatic N) is 2. The highest BCUT2D eigenvalue weighted by Crippen LogP contribution is 2.30. The first-order valence-electron chi connectivity index (χ1n) is 8.34. The molecular formula is C20H21N3O. The lowest BCUT2D eigenvalue weighted by atomic mass is 9.92. The first-order chi connectivity index (χ1) is 11.7. The molecule has 1 aliphatic heterocycles. The molecule has 122 valence electrons. The Morgan fingerprint density at radius 2 is 1.96 bits per heavy atom. The third-order valence-corrected chi connectivity index (χ3v) is 4.72. The van der Waals surface area contributed by atoms with Crippen LogP contribution in [0.4, 0.5) is 0 Å². The summed E-state index contributed by atoms with van der Waals surface area (Å²) < 4.78 is 5.41. The van der Waals surface area contributed by atoms with Gasteiger partial charge in [0, 0.05) is 24.4 Å². The molecule has 4 nitrogen and oxygen atoms in total. The van der Waals surface area contributed by atoms with E-state index in [1.807, 2.05) is 19.1 Å². The van der Waals surface area contributed by atoms with Crippen LogP contribution >= 0.6 is 0 Å². The molecule has 2 aromatic carbocycles. The normalized spacial score (nSPS) is 17.3. The van der Waals surface area contributed by atoms with Crippen LogP contribution in [0.3, 0.4) is 0 Å². The van der Waals surface area contributed by atoms with Crippen molar-refractivity contribution in [2.45, 2.75) is 25.8 Å². The van der Waals surface area contributed by atoms with Gasteiger partial charge in [0.2, 0.25) is 0 Å². The van der Waals surface area contributed by atoms with Crippen molar-refractivity contribution in [3.63, 3.8) is 0 Å². The highest BCUT2D eigenvalue weighted by Gasteiger charge is 2.22. The molecule has 0 fully saturated rings. The molecule has 0 saturated carbocycles. The second-order valence-electron chi connectivity index (χ2n) is 6.34. The molecule has 1 N–H and O–H groups in total. The van der Waals surface area contributed by atoms with Gasteiger partial charge in [-0.25, -0.2) is 9.97 Å². The van der Waals surface area contributed by atoms with Crippen molar-refractivity contribution >= 4 is 10.9 Å². The molecule has 1 aliphatic rings. The summed E-state index contributed by atoms with van der Waals surface area (Å²) in [5, 5.41) is 4.73. The molecule has 4 rings (SSSR count). The zero-order chi connectivity index (χ0) is 16.5. The van der Waals surface area contributed by atoms with Crippen LogP contribution in [-0.4, -0.2) is 23.6 Å². The van der Waals surface area contributed by atoms with Crippen molar-refractivity contribution in [2.24, 2.45) is 0 Å². The van der Waals surface area contributed by atoms with Gasteiger partial charge in [0.25, 0.3) is 0 Å². The summed E-state index contributed by atoms with van der Waals surface area (Å²) >= 11 is 0. The lowest BCUT2D eigenvalue weighted by molar-refractivity contribution is 0.414. The molecule has 0 aliphatic carbocycles. The topological polar surface area (TPSA) is 47.0 Å². The molecule has 4 heteroatoms. The fourth-order valence-electron chi connectivity index (χ4n) is 3.54. The van der Waals surface area contributed by atoms with Gasteiger partial charge >= 0.3 is 0 Å².